The van der Waals surface area contributed by atoms with Crippen LogP contribution in [0.15, 0.2) is 41.4 Å². The summed E-state index contributed by atoms with van der Waals surface area (Å²) in [7, 11) is -4.30. The van der Waals surface area contributed by atoms with E-state index in [0.29, 0.717) is 12.1 Å². The van der Waals surface area contributed by atoms with E-state index in [1.165, 1.54) is 13.8 Å². The van der Waals surface area contributed by atoms with Crippen molar-refractivity contribution in [3.05, 3.63) is 47.8 Å². The van der Waals surface area contributed by atoms with Crippen molar-refractivity contribution in [2.24, 2.45) is 5.92 Å². The Hall–Kier alpha value is -2.70. The van der Waals surface area contributed by atoms with Gasteiger partial charge in [0, 0.05) is 19.2 Å². The van der Waals surface area contributed by atoms with E-state index in [2.05, 4.69) is 9.97 Å². The van der Waals surface area contributed by atoms with Crippen LogP contribution in [-0.4, -0.2) is 35.6 Å². The van der Waals surface area contributed by atoms with E-state index in [-0.39, 0.29) is 19.4 Å². The maximum atomic E-state index is 13.2. The van der Waals surface area contributed by atoms with Crippen molar-refractivity contribution in [1.29, 1.82) is 0 Å². The number of nitrogens with zero attached hydrogens (tertiary/aromatic N) is 3. The zero-order valence-electron chi connectivity index (χ0n) is 17.4. The maximum absolute atomic E-state index is 13.2. The fourth-order valence-corrected chi connectivity index (χ4v) is 5.42. The average molecular weight is 495 g/mol. The third-order valence-corrected chi connectivity index (χ3v) is 8.34. The number of benzene rings is 1. The van der Waals surface area contributed by atoms with Crippen molar-refractivity contribution in [2.75, 3.05) is 11.4 Å². The van der Waals surface area contributed by atoms with Crippen LogP contribution in [0.25, 0.3) is 0 Å². The highest BCUT2D eigenvalue weighted by Gasteiger charge is 2.47. The lowest BCUT2D eigenvalue weighted by Gasteiger charge is -2.39. The molecule has 1 saturated heterocycles. The molecule has 0 aliphatic carbocycles. The standard InChI is InChI=1S/C20H19F6N3O3S/c1-18(2,33(31,32)14-5-3-4-13(10-14)19(21,22)23)12-7-9-29(16(30)11-12)17-27-8-6-15(28-17)20(24,25)26/h3-6,8,10,12H,7,9,11H2,1-2H3/t12-/m1/s1. The van der Waals surface area contributed by atoms with Gasteiger partial charge in [0.05, 0.1) is 15.2 Å². The molecule has 0 radical (unpaired) electrons. The van der Waals surface area contributed by atoms with E-state index in [1.807, 2.05) is 0 Å². The number of hydrogen-bond acceptors (Lipinski definition) is 5. The second kappa shape index (κ2) is 8.26. The molecule has 6 nitrogen and oxygen atoms in total. The smallest absolute Gasteiger partial charge is 0.281 e. The topological polar surface area (TPSA) is 80.2 Å². The number of piperidine rings is 1. The van der Waals surface area contributed by atoms with Crippen molar-refractivity contribution in [3.8, 4) is 0 Å². The molecule has 0 spiro atoms. The number of anilines is 1. The van der Waals surface area contributed by atoms with Gasteiger partial charge in [-0.3, -0.25) is 9.69 Å². The second-order valence-corrected chi connectivity index (χ2v) is 10.6. The molecule has 33 heavy (non-hydrogen) atoms. The first-order valence-electron chi connectivity index (χ1n) is 9.67. The van der Waals surface area contributed by atoms with Gasteiger partial charge in [-0.15, -0.1) is 0 Å². The van der Waals surface area contributed by atoms with Gasteiger partial charge in [-0.05, 0) is 50.5 Å². The molecule has 2 heterocycles. The van der Waals surface area contributed by atoms with Crippen LogP contribution in [0.3, 0.4) is 0 Å². The third-order valence-electron chi connectivity index (χ3n) is 5.75. The zero-order valence-corrected chi connectivity index (χ0v) is 18.2. The Kier molecular flexibility index (Phi) is 6.24. The van der Waals surface area contributed by atoms with E-state index in [4.69, 9.17) is 0 Å². The van der Waals surface area contributed by atoms with Gasteiger partial charge >= 0.3 is 12.4 Å². The summed E-state index contributed by atoms with van der Waals surface area (Å²) < 4.78 is 103. The lowest BCUT2D eigenvalue weighted by Crippen LogP contribution is -2.49. The van der Waals surface area contributed by atoms with Crippen LogP contribution >= 0.6 is 0 Å². The van der Waals surface area contributed by atoms with Crippen molar-refractivity contribution in [2.45, 2.75) is 48.7 Å². The fourth-order valence-electron chi connectivity index (χ4n) is 3.64. The van der Waals surface area contributed by atoms with E-state index >= 15 is 0 Å². The lowest BCUT2D eigenvalue weighted by molar-refractivity contribution is -0.141. The number of aromatic nitrogens is 2. The monoisotopic (exact) mass is 495 g/mol. The average Bonchev–Trinajstić information content (AvgIpc) is 2.72. The number of alkyl halides is 6. The first-order valence-corrected chi connectivity index (χ1v) is 11.2. The van der Waals surface area contributed by atoms with Crippen LogP contribution in [0.5, 0.6) is 0 Å². The lowest BCUT2D eigenvalue weighted by atomic mass is 9.85. The minimum atomic E-state index is -4.74. The van der Waals surface area contributed by atoms with E-state index < -0.39 is 60.9 Å². The molecule has 0 saturated carbocycles. The molecule has 1 aliphatic rings. The normalized spacial score (nSPS) is 18.5. The quantitative estimate of drug-likeness (QED) is 0.584. The molecule has 180 valence electrons. The summed E-state index contributed by atoms with van der Waals surface area (Å²) in [6.07, 6.45) is -8.89. The number of halogens is 6. The van der Waals surface area contributed by atoms with Crippen LogP contribution in [0, 0.1) is 5.92 Å². The van der Waals surface area contributed by atoms with E-state index in [1.54, 1.807) is 0 Å². The number of sulfone groups is 1. The largest absolute Gasteiger partial charge is 0.433 e. The first-order chi connectivity index (χ1) is 15.0. The van der Waals surface area contributed by atoms with Crippen LogP contribution in [0.2, 0.25) is 0 Å². The van der Waals surface area contributed by atoms with Crippen LogP contribution < -0.4 is 4.90 Å². The van der Waals surface area contributed by atoms with Crippen LogP contribution in [0.4, 0.5) is 32.3 Å². The molecule has 1 atom stereocenters. The number of rotatable bonds is 4. The second-order valence-electron chi connectivity index (χ2n) is 8.11. The molecule has 0 bridgehead atoms. The first kappa shape index (κ1) is 24.9. The molecular formula is C20H19F6N3O3S. The Morgan fingerprint density at radius 2 is 1.70 bits per heavy atom. The highest BCUT2D eigenvalue weighted by molar-refractivity contribution is 7.92. The summed E-state index contributed by atoms with van der Waals surface area (Å²) in [5, 5.41) is 0. The molecule has 2 aromatic rings. The van der Waals surface area contributed by atoms with Gasteiger partial charge in [-0.2, -0.15) is 26.3 Å². The molecule has 0 N–H and O–H groups in total. The summed E-state index contributed by atoms with van der Waals surface area (Å²) in [6.45, 7) is 2.49. The Bertz CT molecular complexity index is 1160. The molecule has 1 aromatic heterocycles. The molecule has 13 heteroatoms. The third kappa shape index (κ3) is 4.82. The molecule has 3 rings (SSSR count). The van der Waals surface area contributed by atoms with E-state index in [9.17, 15) is 39.6 Å². The summed E-state index contributed by atoms with van der Waals surface area (Å²) in [6, 6.07) is 4.00. The van der Waals surface area contributed by atoms with Crippen molar-refractivity contribution < 1.29 is 39.6 Å². The van der Waals surface area contributed by atoms with Gasteiger partial charge in [-0.1, -0.05) is 6.07 Å². The summed E-state index contributed by atoms with van der Waals surface area (Å²) in [5.74, 6) is -1.93. The molecule has 1 fully saturated rings. The van der Waals surface area contributed by atoms with Crippen LogP contribution in [-0.2, 0) is 27.0 Å². The number of carbonyl (C=O) groups excluding carboxylic acids is 1. The Morgan fingerprint density at radius 3 is 2.27 bits per heavy atom. The summed E-state index contributed by atoms with van der Waals surface area (Å²) in [5.41, 5.74) is -2.35. The number of hydrogen-bond donors (Lipinski definition) is 0. The van der Waals surface area contributed by atoms with Gasteiger partial charge in [0.2, 0.25) is 11.9 Å². The number of carbonyl (C=O) groups is 1. The van der Waals surface area contributed by atoms with Gasteiger partial charge in [0.1, 0.15) is 5.69 Å². The maximum Gasteiger partial charge on any atom is 0.433 e. The van der Waals surface area contributed by atoms with Crippen molar-refractivity contribution >= 4 is 21.7 Å². The van der Waals surface area contributed by atoms with Crippen LogP contribution in [0.1, 0.15) is 37.9 Å². The molecule has 1 aromatic carbocycles. The highest BCUT2D eigenvalue weighted by atomic mass is 32.2. The Labute approximate surface area is 185 Å². The minimum Gasteiger partial charge on any atom is -0.281 e. The van der Waals surface area contributed by atoms with Crippen molar-refractivity contribution in [1.82, 2.24) is 9.97 Å². The predicted molar refractivity (Wildman–Crippen MR) is 105 cm³/mol. The van der Waals surface area contributed by atoms with Crippen molar-refractivity contribution in [3.63, 3.8) is 0 Å². The highest BCUT2D eigenvalue weighted by Crippen LogP contribution is 2.40. The molecular weight excluding hydrogens is 476 g/mol. The molecule has 1 amide bonds. The fraction of sp³-hybridized carbons (Fsp3) is 0.450. The zero-order chi connectivity index (χ0) is 24.8. The SMILES string of the molecule is CC(C)([C@@H]1CCN(c2nccc(C(F)(F)F)n2)C(=O)C1)S(=O)(=O)c1cccc(C(F)(F)F)c1. The Morgan fingerprint density at radius 1 is 1.03 bits per heavy atom. The molecule has 1 aliphatic heterocycles. The van der Waals surface area contributed by atoms with Gasteiger partial charge < -0.3 is 0 Å². The van der Waals surface area contributed by atoms with E-state index in [0.717, 1.165) is 29.3 Å². The minimum absolute atomic E-state index is 0.0660. The number of amides is 1. The summed E-state index contributed by atoms with van der Waals surface area (Å²) >= 11 is 0. The summed E-state index contributed by atoms with van der Waals surface area (Å²) in [4.78, 5) is 20.2. The van der Waals surface area contributed by atoms with Gasteiger partial charge in [0.15, 0.2) is 9.84 Å². The predicted octanol–water partition coefficient (Wildman–Crippen LogP) is 4.51. The van der Waals surface area contributed by atoms with Gasteiger partial charge in [0.25, 0.3) is 0 Å². The molecule has 0 unspecified atom stereocenters. The van der Waals surface area contributed by atoms with Gasteiger partial charge in [-0.25, -0.2) is 18.4 Å². The Balaban J connectivity index is 1.85.